The highest BCUT2D eigenvalue weighted by molar-refractivity contribution is 9.10. The van der Waals surface area contributed by atoms with Crippen molar-refractivity contribution in [2.24, 2.45) is 0 Å². The lowest BCUT2D eigenvalue weighted by atomic mass is 10.3. The third kappa shape index (κ3) is 2.96. The van der Waals surface area contributed by atoms with E-state index in [1.54, 1.807) is 19.1 Å². The Bertz CT molecular complexity index is 355. The molecule has 1 N–H and O–H groups in total. The van der Waals surface area contributed by atoms with Crippen LogP contribution in [0.4, 0.5) is 5.69 Å². The second kappa shape index (κ2) is 4.75. The van der Waals surface area contributed by atoms with Gasteiger partial charge in [0.15, 0.2) is 0 Å². The van der Waals surface area contributed by atoms with E-state index in [1.807, 2.05) is 6.92 Å². The Morgan fingerprint density at radius 3 is 2.79 bits per heavy atom. The number of aromatic nitrogens is 1. The lowest BCUT2D eigenvalue weighted by molar-refractivity contribution is -0.115. The predicted molar refractivity (Wildman–Crippen MR) is 60.6 cm³/mol. The fourth-order valence-electron chi connectivity index (χ4n) is 0.895. The van der Waals surface area contributed by atoms with Gasteiger partial charge in [-0.2, -0.15) is 0 Å². The highest BCUT2D eigenvalue weighted by Crippen LogP contribution is 2.16. The van der Waals surface area contributed by atoms with Crippen molar-refractivity contribution in [3.63, 3.8) is 0 Å². The molecule has 0 saturated carbocycles. The lowest BCUT2D eigenvalue weighted by Crippen LogP contribution is -2.21. The smallest absolute Gasteiger partial charge is 0.242 e. The van der Waals surface area contributed by atoms with Crippen molar-refractivity contribution in [3.05, 3.63) is 22.4 Å². The molecule has 0 saturated heterocycles. The van der Waals surface area contributed by atoms with E-state index < -0.39 is 5.38 Å². The fraction of sp³-hybridized carbons (Fsp3) is 0.333. The van der Waals surface area contributed by atoms with Gasteiger partial charge in [-0.25, -0.2) is 4.98 Å². The van der Waals surface area contributed by atoms with E-state index in [9.17, 15) is 4.79 Å². The standard InChI is InChI=1S/C9H10BrClN2O/c1-5(11)9(14)13-7-3-4-8(10)12-6(7)2/h3-5H,1-2H3,(H,13,14). The molecule has 0 spiro atoms. The maximum absolute atomic E-state index is 11.3. The Labute approximate surface area is 96.0 Å². The summed E-state index contributed by atoms with van der Waals surface area (Å²) in [7, 11) is 0. The number of aryl methyl sites for hydroxylation is 1. The molecule has 0 aromatic carbocycles. The van der Waals surface area contributed by atoms with E-state index in [-0.39, 0.29) is 5.91 Å². The fourth-order valence-corrected chi connectivity index (χ4v) is 1.35. The summed E-state index contributed by atoms with van der Waals surface area (Å²) in [6.07, 6.45) is 0. The van der Waals surface area contributed by atoms with Crippen LogP contribution in [0.1, 0.15) is 12.6 Å². The number of hydrogen-bond donors (Lipinski definition) is 1. The van der Waals surface area contributed by atoms with Gasteiger partial charge in [0.25, 0.3) is 0 Å². The molecule has 0 aliphatic rings. The second-order valence-corrected chi connectivity index (χ2v) is 4.34. The number of nitrogens with one attached hydrogen (secondary N) is 1. The Morgan fingerprint density at radius 1 is 1.64 bits per heavy atom. The van der Waals surface area contributed by atoms with E-state index in [0.29, 0.717) is 5.69 Å². The molecule has 1 heterocycles. The molecule has 14 heavy (non-hydrogen) atoms. The zero-order valence-electron chi connectivity index (χ0n) is 7.84. The van der Waals surface area contributed by atoms with Gasteiger partial charge in [0.05, 0.1) is 11.4 Å². The number of carbonyl (C=O) groups excluding carboxylic acids is 1. The number of nitrogens with zero attached hydrogens (tertiary/aromatic N) is 1. The highest BCUT2D eigenvalue weighted by atomic mass is 79.9. The van der Waals surface area contributed by atoms with Crippen LogP contribution in [-0.4, -0.2) is 16.3 Å². The van der Waals surface area contributed by atoms with Gasteiger partial charge in [0.2, 0.25) is 5.91 Å². The minimum absolute atomic E-state index is 0.223. The molecule has 0 aliphatic carbocycles. The van der Waals surface area contributed by atoms with E-state index in [2.05, 4.69) is 26.2 Å². The number of rotatable bonds is 2. The molecule has 0 radical (unpaired) electrons. The summed E-state index contributed by atoms with van der Waals surface area (Å²) in [4.78, 5) is 15.4. The maximum Gasteiger partial charge on any atom is 0.242 e. The number of alkyl halides is 1. The first-order valence-corrected chi connectivity index (χ1v) is 5.31. The summed E-state index contributed by atoms with van der Waals surface area (Å²) in [6.45, 7) is 3.44. The average molecular weight is 278 g/mol. The van der Waals surface area contributed by atoms with Gasteiger partial charge in [0.1, 0.15) is 9.98 Å². The molecule has 1 unspecified atom stereocenters. The largest absolute Gasteiger partial charge is 0.323 e. The van der Waals surface area contributed by atoms with Crippen molar-refractivity contribution in [1.82, 2.24) is 4.98 Å². The number of amides is 1. The molecular formula is C9H10BrClN2O. The van der Waals surface area contributed by atoms with Gasteiger partial charge in [-0.15, -0.1) is 11.6 Å². The molecular weight excluding hydrogens is 267 g/mol. The lowest BCUT2D eigenvalue weighted by Gasteiger charge is -2.08. The molecule has 0 fully saturated rings. The number of anilines is 1. The molecule has 1 rings (SSSR count). The third-order valence-corrected chi connectivity index (χ3v) is 2.31. The molecule has 5 heteroatoms. The Kier molecular flexibility index (Phi) is 3.89. The van der Waals surface area contributed by atoms with E-state index >= 15 is 0 Å². The van der Waals surface area contributed by atoms with Crippen molar-refractivity contribution in [3.8, 4) is 0 Å². The molecule has 1 aromatic rings. The molecule has 76 valence electrons. The summed E-state index contributed by atoms with van der Waals surface area (Å²) in [5, 5.41) is 2.14. The van der Waals surface area contributed by atoms with Gasteiger partial charge in [-0.1, -0.05) is 0 Å². The van der Waals surface area contributed by atoms with Gasteiger partial charge in [-0.05, 0) is 41.9 Å². The van der Waals surface area contributed by atoms with Crippen molar-refractivity contribution in [2.45, 2.75) is 19.2 Å². The summed E-state index contributed by atoms with van der Waals surface area (Å²) >= 11 is 8.86. The van der Waals surface area contributed by atoms with Crippen LogP contribution in [0.5, 0.6) is 0 Å². The highest BCUT2D eigenvalue weighted by Gasteiger charge is 2.10. The zero-order chi connectivity index (χ0) is 10.7. The summed E-state index contributed by atoms with van der Waals surface area (Å²) in [6, 6.07) is 3.55. The Hall–Kier alpha value is -0.610. The molecule has 1 aromatic heterocycles. The molecule has 0 bridgehead atoms. The van der Waals surface area contributed by atoms with Crippen molar-refractivity contribution >= 4 is 39.1 Å². The van der Waals surface area contributed by atoms with Crippen LogP contribution in [0.25, 0.3) is 0 Å². The predicted octanol–water partition coefficient (Wildman–Crippen LogP) is 2.72. The van der Waals surface area contributed by atoms with Crippen LogP contribution in [0.2, 0.25) is 0 Å². The van der Waals surface area contributed by atoms with Gasteiger partial charge >= 0.3 is 0 Å². The molecule has 1 atom stereocenters. The first-order valence-electron chi connectivity index (χ1n) is 4.09. The first kappa shape index (κ1) is 11.5. The van der Waals surface area contributed by atoms with Gasteiger partial charge in [0, 0.05) is 0 Å². The van der Waals surface area contributed by atoms with E-state index in [4.69, 9.17) is 11.6 Å². The summed E-state index contributed by atoms with van der Waals surface area (Å²) in [5.41, 5.74) is 1.44. The average Bonchev–Trinajstić information content (AvgIpc) is 2.09. The third-order valence-electron chi connectivity index (χ3n) is 1.67. The summed E-state index contributed by atoms with van der Waals surface area (Å²) < 4.78 is 0.743. The number of halogens is 2. The van der Waals surface area contributed by atoms with Crippen LogP contribution in [0, 0.1) is 6.92 Å². The molecule has 1 amide bonds. The van der Waals surface area contributed by atoms with Crippen LogP contribution < -0.4 is 5.32 Å². The van der Waals surface area contributed by atoms with Crippen LogP contribution in [0.3, 0.4) is 0 Å². The topological polar surface area (TPSA) is 42.0 Å². The number of pyridine rings is 1. The Balaban J connectivity index is 2.82. The summed E-state index contributed by atoms with van der Waals surface area (Å²) in [5.74, 6) is -0.223. The normalized spacial score (nSPS) is 12.3. The minimum atomic E-state index is -0.543. The van der Waals surface area contributed by atoms with Crippen molar-refractivity contribution in [2.75, 3.05) is 5.32 Å². The van der Waals surface area contributed by atoms with Gasteiger partial charge in [-0.3, -0.25) is 4.79 Å². The second-order valence-electron chi connectivity index (χ2n) is 2.87. The monoisotopic (exact) mass is 276 g/mol. The van der Waals surface area contributed by atoms with Crippen LogP contribution in [-0.2, 0) is 4.79 Å². The zero-order valence-corrected chi connectivity index (χ0v) is 10.2. The van der Waals surface area contributed by atoms with Crippen LogP contribution in [0.15, 0.2) is 16.7 Å². The number of hydrogen-bond acceptors (Lipinski definition) is 2. The maximum atomic E-state index is 11.3. The van der Waals surface area contributed by atoms with Crippen molar-refractivity contribution in [1.29, 1.82) is 0 Å². The molecule has 0 aliphatic heterocycles. The minimum Gasteiger partial charge on any atom is -0.323 e. The van der Waals surface area contributed by atoms with E-state index in [1.165, 1.54) is 0 Å². The van der Waals surface area contributed by atoms with Crippen molar-refractivity contribution < 1.29 is 4.79 Å². The quantitative estimate of drug-likeness (QED) is 0.667. The van der Waals surface area contributed by atoms with Crippen LogP contribution >= 0.6 is 27.5 Å². The van der Waals surface area contributed by atoms with E-state index in [0.717, 1.165) is 10.3 Å². The first-order chi connectivity index (χ1) is 6.50. The number of carbonyl (C=O) groups is 1. The SMILES string of the molecule is Cc1nc(Br)ccc1NC(=O)C(C)Cl. The Morgan fingerprint density at radius 2 is 2.29 bits per heavy atom. The molecule has 3 nitrogen and oxygen atoms in total. The van der Waals surface area contributed by atoms with Gasteiger partial charge < -0.3 is 5.32 Å².